The maximum atomic E-state index is 5.73. The quantitative estimate of drug-likeness (QED) is 0.760. The van der Waals surface area contributed by atoms with Gasteiger partial charge in [-0.15, -0.1) is 0 Å². The fourth-order valence-electron chi connectivity index (χ4n) is 2.62. The molecule has 2 unspecified atom stereocenters. The molecule has 0 radical (unpaired) electrons. The van der Waals surface area contributed by atoms with Crippen molar-refractivity contribution in [2.45, 2.75) is 59.1 Å². The van der Waals surface area contributed by atoms with Crippen molar-refractivity contribution in [2.75, 3.05) is 13.7 Å². The molecule has 2 nitrogen and oxygen atoms in total. The fourth-order valence-corrected chi connectivity index (χ4v) is 2.62. The molecule has 0 heterocycles. The molecule has 19 heavy (non-hydrogen) atoms. The Morgan fingerprint density at radius 2 is 1.89 bits per heavy atom. The maximum absolute atomic E-state index is 5.73. The van der Waals surface area contributed by atoms with Gasteiger partial charge in [0.2, 0.25) is 0 Å². The van der Waals surface area contributed by atoms with Crippen LogP contribution in [0.4, 0.5) is 0 Å². The van der Waals surface area contributed by atoms with Gasteiger partial charge in [0, 0.05) is 7.11 Å². The van der Waals surface area contributed by atoms with Gasteiger partial charge in [-0.3, -0.25) is 0 Å². The zero-order valence-corrected chi connectivity index (χ0v) is 13.1. The number of aryl methyl sites for hydroxylation is 2. The van der Waals surface area contributed by atoms with Gasteiger partial charge in [-0.2, -0.15) is 0 Å². The monoisotopic (exact) mass is 263 g/mol. The standard InChI is InChI=1S/C17H29NO/c1-6-8-16(19-5)17(18-11-7-2)15-10-9-13(3)12-14(15)4/h9-10,12,16-18H,6-8,11H2,1-5H3. The van der Waals surface area contributed by atoms with Gasteiger partial charge < -0.3 is 10.1 Å². The average Bonchev–Trinajstić information content (AvgIpc) is 2.39. The topological polar surface area (TPSA) is 21.3 Å². The Morgan fingerprint density at radius 3 is 2.42 bits per heavy atom. The zero-order chi connectivity index (χ0) is 14.3. The van der Waals surface area contributed by atoms with Crippen LogP contribution in [-0.2, 0) is 4.74 Å². The van der Waals surface area contributed by atoms with Crippen LogP contribution in [0.25, 0.3) is 0 Å². The normalized spacial score (nSPS) is 14.4. The summed E-state index contributed by atoms with van der Waals surface area (Å²) in [6.07, 6.45) is 3.63. The molecule has 0 aromatic heterocycles. The van der Waals surface area contributed by atoms with Crippen molar-refractivity contribution < 1.29 is 4.74 Å². The number of hydrogen-bond donors (Lipinski definition) is 1. The van der Waals surface area contributed by atoms with Crippen LogP contribution in [0.2, 0.25) is 0 Å². The summed E-state index contributed by atoms with van der Waals surface area (Å²) in [6, 6.07) is 7.00. The number of ether oxygens (including phenoxy) is 1. The Bertz CT molecular complexity index is 376. The molecule has 0 saturated heterocycles. The lowest BCUT2D eigenvalue weighted by Crippen LogP contribution is -2.34. The summed E-state index contributed by atoms with van der Waals surface area (Å²) in [7, 11) is 1.82. The SMILES string of the molecule is CCCNC(c1ccc(C)cc1C)C(CCC)OC. The van der Waals surface area contributed by atoms with Gasteiger partial charge in [0.25, 0.3) is 0 Å². The lowest BCUT2D eigenvalue weighted by atomic mass is 9.93. The van der Waals surface area contributed by atoms with Crippen molar-refractivity contribution in [2.24, 2.45) is 0 Å². The molecule has 0 amide bonds. The smallest absolute Gasteiger partial charge is 0.0765 e. The van der Waals surface area contributed by atoms with Gasteiger partial charge in [0.05, 0.1) is 12.1 Å². The van der Waals surface area contributed by atoms with Gasteiger partial charge >= 0.3 is 0 Å². The minimum atomic E-state index is 0.248. The first-order valence-electron chi connectivity index (χ1n) is 7.47. The summed E-state index contributed by atoms with van der Waals surface area (Å²) < 4.78 is 5.73. The average molecular weight is 263 g/mol. The van der Waals surface area contributed by atoms with E-state index >= 15 is 0 Å². The van der Waals surface area contributed by atoms with Gasteiger partial charge in [-0.1, -0.05) is 44.0 Å². The minimum Gasteiger partial charge on any atom is -0.379 e. The van der Waals surface area contributed by atoms with E-state index in [1.54, 1.807) is 0 Å². The number of rotatable bonds is 8. The molecule has 1 rings (SSSR count). The highest BCUT2D eigenvalue weighted by Gasteiger charge is 2.23. The lowest BCUT2D eigenvalue weighted by Gasteiger charge is -2.28. The van der Waals surface area contributed by atoms with E-state index < -0.39 is 0 Å². The molecule has 0 bridgehead atoms. The van der Waals surface area contributed by atoms with Crippen LogP contribution in [0, 0.1) is 13.8 Å². The van der Waals surface area contributed by atoms with E-state index in [9.17, 15) is 0 Å². The largest absolute Gasteiger partial charge is 0.379 e. The molecule has 1 aromatic rings. The molecule has 2 atom stereocenters. The second-order valence-corrected chi connectivity index (χ2v) is 5.35. The summed E-state index contributed by atoms with van der Waals surface area (Å²) in [4.78, 5) is 0. The van der Waals surface area contributed by atoms with Crippen LogP contribution < -0.4 is 5.32 Å². The summed E-state index contributed by atoms with van der Waals surface area (Å²) in [5.74, 6) is 0. The number of benzene rings is 1. The Hall–Kier alpha value is -0.860. The molecule has 108 valence electrons. The highest BCUT2D eigenvalue weighted by Crippen LogP contribution is 2.26. The van der Waals surface area contributed by atoms with E-state index in [0.29, 0.717) is 6.04 Å². The molecule has 0 aliphatic rings. The van der Waals surface area contributed by atoms with Crippen molar-refractivity contribution in [1.82, 2.24) is 5.32 Å². The molecule has 1 aromatic carbocycles. The van der Waals surface area contributed by atoms with E-state index in [4.69, 9.17) is 4.74 Å². The Morgan fingerprint density at radius 1 is 1.16 bits per heavy atom. The van der Waals surface area contributed by atoms with Crippen molar-refractivity contribution >= 4 is 0 Å². The predicted octanol–water partition coefficient (Wildman–Crippen LogP) is 4.16. The summed E-state index contributed by atoms with van der Waals surface area (Å²) in [6.45, 7) is 9.78. The van der Waals surface area contributed by atoms with E-state index in [0.717, 1.165) is 25.8 Å². The van der Waals surface area contributed by atoms with Gasteiger partial charge in [0.15, 0.2) is 0 Å². The number of hydrogen-bond acceptors (Lipinski definition) is 2. The minimum absolute atomic E-state index is 0.248. The summed E-state index contributed by atoms with van der Waals surface area (Å²) in [5, 5.41) is 3.66. The van der Waals surface area contributed by atoms with Crippen molar-refractivity contribution in [1.29, 1.82) is 0 Å². The molecular formula is C17H29NO. The van der Waals surface area contributed by atoms with Crippen molar-refractivity contribution in [3.05, 3.63) is 34.9 Å². The maximum Gasteiger partial charge on any atom is 0.0765 e. The molecular weight excluding hydrogens is 234 g/mol. The van der Waals surface area contributed by atoms with E-state index in [1.165, 1.54) is 16.7 Å². The Balaban J connectivity index is 2.99. The molecule has 0 aliphatic heterocycles. The van der Waals surface area contributed by atoms with E-state index in [2.05, 4.69) is 51.2 Å². The van der Waals surface area contributed by atoms with Crippen molar-refractivity contribution in [3.63, 3.8) is 0 Å². The second-order valence-electron chi connectivity index (χ2n) is 5.35. The van der Waals surface area contributed by atoms with E-state index in [-0.39, 0.29) is 6.10 Å². The van der Waals surface area contributed by atoms with Crippen LogP contribution in [0.15, 0.2) is 18.2 Å². The Labute approximate surface area is 118 Å². The first kappa shape index (κ1) is 16.2. The van der Waals surface area contributed by atoms with Crippen LogP contribution >= 0.6 is 0 Å². The third-order valence-electron chi connectivity index (χ3n) is 3.62. The van der Waals surface area contributed by atoms with Gasteiger partial charge in [-0.25, -0.2) is 0 Å². The first-order chi connectivity index (χ1) is 9.13. The molecule has 2 heteroatoms. The molecule has 0 fully saturated rings. The molecule has 0 saturated carbocycles. The van der Waals surface area contributed by atoms with Crippen LogP contribution in [0.3, 0.4) is 0 Å². The summed E-state index contributed by atoms with van der Waals surface area (Å²) >= 11 is 0. The van der Waals surface area contributed by atoms with Crippen molar-refractivity contribution in [3.8, 4) is 0 Å². The molecule has 0 aliphatic carbocycles. The number of methoxy groups -OCH3 is 1. The third-order valence-corrected chi connectivity index (χ3v) is 3.62. The van der Waals surface area contributed by atoms with Crippen LogP contribution in [0.5, 0.6) is 0 Å². The summed E-state index contributed by atoms with van der Waals surface area (Å²) in [5.41, 5.74) is 4.05. The number of nitrogens with one attached hydrogen (secondary N) is 1. The van der Waals surface area contributed by atoms with Crippen LogP contribution in [0.1, 0.15) is 55.8 Å². The van der Waals surface area contributed by atoms with Gasteiger partial charge in [0.1, 0.15) is 0 Å². The molecule has 1 N–H and O–H groups in total. The Kier molecular flexibility index (Phi) is 7.11. The molecule has 0 spiro atoms. The highest BCUT2D eigenvalue weighted by molar-refractivity contribution is 5.33. The predicted molar refractivity (Wildman–Crippen MR) is 82.7 cm³/mol. The van der Waals surface area contributed by atoms with Crippen LogP contribution in [-0.4, -0.2) is 19.8 Å². The first-order valence-corrected chi connectivity index (χ1v) is 7.47. The fraction of sp³-hybridized carbons (Fsp3) is 0.647. The lowest BCUT2D eigenvalue weighted by molar-refractivity contribution is 0.0604. The van der Waals surface area contributed by atoms with E-state index in [1.807, 2.05) is 7.11 Å². The third kappa shape index (κ3) is 4.63. The zero-order valence-electron chi connectivity index (χ0n) is 13.1. The highest BCUT2D eigenvalue weighted by atomic mass is 16.5. The second kappa shape index (κ2) is 8.34. The van der Waals surface area contributed by atoms with Gasteiger partial charge in [-0.05, 0) is 44.4 Å².